The van der Waals surface area contributed by atoms with Gasteiger partial charge in [0, 0.05) is 0 Å². The van der Waals surface area contributed by atoms with Gasteiger partial charge in [-0.3, -0.25) is 4.79 Å². The van der Waals surface area contributed by atoms with Crippen molar-refractivity contribution < 1.29 is 23.9 Å². The summed E-state index contributed by atoms with van der Waals surface area (Å²) in [5.74, 6) is -0.811. The molecule has 0 aromatic heterocycles. The van der Waals surface area contributed by atoms with Crippen LogP contribution in [0.1, 0.15) is 65.7 Å². The number of hydrogen-bond acceptors (Lipinski definition) is 5. The lowest BCUT2D eigenvalue weighted by atomic mass is 10.1. The smallest absolute Gasteiger partial charge is 0.407 e. The van der Waals surface area contributed by atoms with Crippen molar-refractivity contribution in [1.29, 1.82) is 0 Å². The summed E-state index contributed by atoms with van der Waals surface area (Å²) in [6.07, 6.45) is 4.45. The number of nitrogens with one attached hydrogen (secondary N) is 2. The number of alkyl carbamates (subject to hydrolysis) is 1. The summed E-state index contributed by atoms with van der Waals surface area (Å²) in [5, 5.41) is 5.23. The van der Waals surface area contributed by atoms with E-state index in [1.54, 1.807) is 0 Å². The number of unbranched alkanes of at least 4 members (excludes halogenated alkanes) is 2. The summed E-state index contributed by atoms with van der Waals surface area (Å²) in [7, 11) is 1.25. The van der Waals surface area contributed by atoms with Gasteiger partial charge in [-0.1, -0.05) is 46.5 Å². The zero-order chi connectivity index (χ0) is 18.4. The largest absolute Gasteiger partial charge is 0.464 e. The van der Waals surface area contributed by atoms with Crippen molar-refractivity contribution in [1.82, 2.24) is 10.6 Å². The third kappa shape index (κ3) is 9.37. The highest BCUT2D eigenvalue weighted by molar-refractivity contribution is 5.89. The average molecular weight is 344 g/mol. The van der Waals surface area contributed by atoms with E-state index in [9.17, 15) is 14.4 Å². The second-order valence-electron chi connectivity index (χ2n) is 5.70. The fraction of sp³-hybridized carbons (Fsp3) is 0.824. The van der Waals surface area contributed by atoms with E-state index in [1.807, 2.05) is 20.8 Å². The van der Waals surface area contributed by atoms with Gasteiger partial charge in [-0.05, 0) is 19.3 Å². The van der Waals surface area contributed by atoms with E-state index in [0.29, 0.717) is 19.4 Å². The first kappa shape index (κ1) is 22.2. The standard InChI is InChI=1S/C17H32N2O5/c1-5-8-10-13(19-17(22)23-4)15(20)18-14(11-9-6-2)16(21)24-12-7-3/h13-14H,5-12H2,1-4H3,(H,18,20)(H,19,22). The van der Waals surface area contributed by atoms with Gasteiger partial charge in [0.15, 0.2) is 0 Å². The minimum Gasteiger partial charge on any atom is -0.464 e. The SMILES string of the molecule is CCCCC(NC(=O)OC)C(=O)NC(CCCC)C(=O)OCCC. The number of carbonyl (C=O) groups excluding carboxylic acids is 3. The van der Waals surface area contributed by atoms with Crippen molar-refractivity contribution >= 4 is 18.0 Å². The molecule has 0 aliphatic carbocycles. The minimum absolute atomic E-state index is 0.330. The summed E-state index contributed by atoms with van der Waals surface area (Å²) in [4.78, 5) is 36.0. The van der Waals surface area contributed by atoms with Crippen LogP contribution in [0.5, 0.6) is 0 Å². The molecule has 24 heavy (non-hydrogen) atoms. The molecule has 0 bridgehead atoms. The van der Waals surface area contributed by atoms with Crippen LogP contribution < -0.4 is 10.6 Å². The fourth-order valence-corrected chi connectivity index (χ4v) is 2.11. The number of rotatable bonds is 12. The van der Waals surface area contributed by atoms with Crippen molar-refractivity contribution in [2.24, 2.45) is 0 Å². The predicted octanol–water partition coefficient (Wildman–Crippen LogP) is 2.53. The number of hydrogen-bond donors (Lipinski definition) is 2. The molecule has 7 heteroatoms. The van der Waals surface area contributed by atoms with Crippen LogP contribution in [0.25, 0.3) is 0 Å². The Bertz CT molecular complexity index is 387. The molecule has 2 atom stereocenters. The summed E-state index contributed by atoms with van der Waals surface area (Å²) >= 11 is 0. The normalized spacial score (nSPS) is 12.8. The van der Waals surface area contributed by atoms with Gasteiger partial charge in [0.2, 0.25) is 5.91 Å². The molecule has 0 rings (SSSR count). The maximum absolute atomic E-state index is 12.5. The summed E-state index contributed by atoms with van der Waals surface area (Å²) in [6.45, 7) is 6.25. The Hall–Kier alpha value is -1.79. The molecule has 0 fully saturated rings. The van der Waals surface area contributed by atoms with Crippen LogP contribution in [0.4, 0.5) is 4.79 Å². The Morgan fingerprint density at radius 1 is 0.875 bits per heavy atom. The number of esters is 1. The van der Waals surface area contributed by atoms with E-state index < -0.39 is 24.1 Å². The Morgan fingerprint density at radius 3 is 1.96 bits per heavy atom. The van der Waals surface area contributed by atoms with Crippen molar-refractivity contribution in [3.05, 3.63) is 0 Å². The zero-order valence-electron chi connectivity index (χ0n) is 15.4. The fourth-order valence-electron chi connectivity index (χ4n) is 2.11. The zero-order valence-corrected chi connectivity index (χ0v) is 15.4. The van der Waals surface area contributed by atoms with Crippen LogP contribution >= 0.6 is 0 Å². The van der Waals surface area contributed by atoms with Crippen LogP contribution in [0.2, 0.25) is 0 Å². The molecule has 0 heterocycles. The highest BCUT2D eigenvalue weighted by Gasteiger charge is 2.27. The molecule has 0 aliphatic rings. The van der Waals surface area contributed by atoms with Crippen LogP contribution in [0.15, 0.2) is 0 Å². The molecular formula is C17H32N2O5. The van der Waals surface area contributed by atoms with Crippen LogP contribution in [0.3, 0.4) is 0 Å². The van der Waals surface area contributed by atoms with Gasteiger partial charge in [-0.2, -0.15) is 0 Å². The van der Waals surface area contributed by atoms with E-state index in [0.717, 1.165) is 32.1 Å². The van der Waals surface area contributed by atoms with Gasteiger partial charge in [0.05, 0.1) is 13.7 Å². The first-order chi connectivity index (χ1) is 11.5. The first-order valence-corrected chi connectivity index (χ1v) is 8.81. The van der Waals surface area contributed by atoms with E-state index in [1.165, 1.54) is 7.11 Å². The Morgan fingerprint density at radius 2 is 1.46 bits per heavy atom. The molecule has 0 radical (unpaired) electrons. The molecule has 2 unspecified atom stereocenters. The number of ether oxygens (including phenoxy) is 2. The Kier molecular flexibility index (Phi) is 12.6. The molecule has 0 aromatic carbocycles. The molecule has 0 aliphatic heterocycles. The third-order valence-corrected chi connectivity index (χ3v) is 3.54. The summed E-state index contributed by atoms with van der Waals surface area (Å²) < 4.78 is 9.71. The molecule has 7 nitrogen and oxygen atoms in total. The predicted molar refractivity (Wildman–Crippen MR) is 91.6 cm³/mol. The van der Waals surface area contributed by atoms with Gasteiger partial charge < -0.3 is 20.1 Å². The van der Waals surface area contributed by atoms with Crippen molar-refractivity contribution in [3.63, 3.8) is 0 Å². The number of methoxy groups -OCH3 is 1. The van der Waals surface area contributed by atoms with Crippen LogP contribution in [-0.2, 0) is 19.1 Å². The minimum atomic E-state index is -0.722. The van der Waals surface area contributed by atoms with E-state index >= 15 is 0 Å². The quantitative estimate of drug-likeness (QED) is 0.531. The molecular weight excluding hydrogens is 312 g/mol. The maximum Gasteiger partial charge on any atom is 0.407 e. The lowest BCUT2D eigenvalue weighted by molar-refractivity contribution is -0.148. The molecule has 0 aromatic rings. The van der Waals surface area contributed by atoms with Crippen molar-refractivity contribution in [2.75, 3.05) is 13.7 Å². The second kappa shape index (κ2) is 13.6. The number of amides is 2. The van der Waals surface area contributed by atoms with Crippen LogP contribution in [-0.4, -0.2) is 43.8 Å². The summed E-state index contributed by atoms with van der Waals surface area (Å²) in [5.41, 5.74) is 0. The molecule has 0 saturated carbocycles. The molecule has 2 N–H and O–H groups in total. The van der Waals surface area contributed by atoms with Gasteiger partial charge in [0.1, 0.15) is 12.1 Å². The average Bonchev–Trinajstić information content (AvgIpc) is 2.59. The van der Waals surface area contributed by atoms with Gasteiger partial charge in [0.25, 0.3) is 0 Å². The molecule has 0 spiro atoms. The molecule has 140 valence electrons. The van der Waals surface area contributed by atoms with Gasteiger partial charge in [-0.25, -0.2) is 9.59 Å². The lowest BCUT2D eigenvalue weighted by Gasteiger charge is -2.22. The Balaban J connectivity index is 4.85. The second-order valence-corrected chi connectivity index (χ2v) is 5.70. The molecule has 2 amide bonds. The van der Waals surface area contributed by atoms with Gasteiger partial charge >= 0.3 is 12.1 Å². The lowest BCUT2D eigenvalue weighted by Crippen LogP contribution is -2.52. The van der Waals surface area contributed by atoms with Crippen LogP contribution in [0, 0.1) is 0 Å². The van der Waals surface area contributed by atoms with Crippen molar-refractivity contribution in [3.8, 4) is 0 Å². The topological polar surface area (TPSA) is 93.7 Å². The maximum atomic E-state index is 12.5. The number of carbonyl (C=O) groups is 3. The molecule has 0 saturated heterocycles. The Labute approximate surface area is 144 Å². The first-order valence-electron chi connectivity index (χ1n) is 8.81. The van der Waals surface area contributed by atoms with Gasteiger partial charge in [-0.15, -0.1) is 0 Å². The van der Waals surface area contributed by atoms with E-state index in [4.69, 9.17) is 4.74 Å². The van der Waals surface area contributed by atoms with E-state index in [-0.39, 0.29) is 5.91 Å². The summed E-state index contributed by atoms with van der Waals surface area (Å²) in [6, 6.07) is -1.41. The highest BCUT2D eigenvalue weighted by atomic mass is 16.5. The third-order valence-electron chi connectivity index (χ3n) is 3.54. The van der Waals surface area contributed by atoms with Crippen molar-refractivity contribution in [2.45, 2.75) is 77.8 Å². The monoisotopic (exact) mass is 344 g/mol. The highest BCUT2D eigenvalue weighted by Crippen LogP contribution is 2.07. The van der Waals surface area contributed by atoms with E-state index in [2.05, 4.69) is 15.4 Å².